The lowest BCUT2D eigenvalue weighted by atomic mass is 9.69. The summed E-state index contributed by atoms with van der Waals surface area (Å²) in [6.45, 7) is 11.2. The molecule has 0 radical (unpaired) electrons. The predicted octanol–water partition coefficient (Wildman–Crippen LogP) is 2.64. The molecule has 1 unspecified atom stereocenters. The van der Waals surface area contributed by atoms with Crippen LogP contribution in [0.25, 0.3) is 0 Å². The quantitative estimate of drug-likeness (QED) is 0.903. The molecule has 1 aromatic rings. The average molecular weight is 353 g/mol. The summed E-state index contributed by atoms with van der Waals surface area (Å²) in [6, 6.07) is 8.06. The van der Waals surface area contributed by atoms with Crippen LogP contribution in [0.5, 0.6) is 0 Å². The average Bonchev–Trinajstić information content (AvgIpc) is 2.52. The third-order valence-corrected chi connectivity index (χ3v) is 5.84. The molecule has 5 heteroatoms. The first-order valence-electron chi connectivity index (χ1n) is 8.87. The minimum absolute atomic E-state index is 0.151. The van der Waals surface area contributed by atoms with Gasteiger partial charge in [-0.25, -0.2) is 0 Å². The Kier molecular flexibility index (Phi) is 5.52. The van der Waals surface area contributed by atoms with E-state index in [-0.39, 0.29) is 5.41 Å². The highest BCUT2D eigenvalue weighted by molar-refractivity contribution is 6.30. The van der Waals surface area contributed by atoms with E-state index in [4.69, 9.17) is 16.3 Å². The van der Waals surface area contributed by atoms with Gasteiger partial charge in [0.05, 0.1) is 18.8 Å². The van der Waals surface area contributed by atoms with E-state index in [0.717, 1.165) is 63.9 Å². The van der Waals surface area contributed by atoms with Crippen LogP contribution < -0.4 is 0 Å². The molecule has 0 aromatic heterocycles. The smallest absolute Gasteiger partial charge is 0.0849 e. The maximum absolute atomic E-state index is 11.3. The normalized spacial score (nSPS) is 28.8. The summed E-state index contributed by atoms with van der Waals surface area (Å²) in [6.07, 6.45) is 0.803. The second-order valence-electron chi connectivity index (χ2n) is 7.89. The van der Waals surface area contributed by atoms with Crippen molar-refractivity contribution >= 4 is 11.6 Å². The number of ether oxygens (including phenoxy) is 1. The molecule has 2 saturated heterocycles. The molecule has 2 heterocycles. The van der Waals surface area contributed by atoms with E-state index in [1.807, 2.05) is 18.2 Å². The highest BCUT2D eigenvalue weighted by Gasteiger charge is 2.48. The lowest BCUT2D eigenvalue weighted by Crippen LogP contribution is -2.62. The van der Waals surface area contributed by atoms with Crippen molar-refractivity contribution in [3.63, 3.8) is 0 Å². The van der Waals surface area contributed by atoms with Crippen molar-refractivity contribution < 1.29 is 9.84 Å². The predicted molar refractivity (Wildman–Crippen MR) is 97.3 cm³/mol. The van der Waals surface area contributed by atoms with Crippen LogP contribution in [-0.2, 0) is 11.3 Å². The number of halogens is 1. The van der Waals surface area contributed by atoms with Crippen LogP contribution in [-0.4, -0.2) is 66.4 Å². The number of likely N-dealkylation sites (tertiary alicyclic amines) is 1. The number of morpholine rings is 1. The Bertz CT molecular complexity index is 560. The van der Waals surface area contributed by atoms with Crippen molar-refractivity contribution in [2.45, 2.75) is 32.4 Å². The fourth-order valence-corrected chi connectivity index (χ4v) is 4.13. The molecule has 1 N–H and O–H groups in total. The summed E-state index contributed by atoms with van der Waals surface area (Å²) < 4.78 is 5.42. The fraction of sp³-hybridized carbons (Fsp3) is 0.684. The first-order chi connectivity index (χ1) is 11.4. The number of aliphatic hydroxyl groups is 1. The molecule has 0 bridgehead atoms. The Hall–Kier alpha value is -0.650. The number of nitrogens with zero attached hydrogens (tertiary/aromatic N) is 2. The number of hydrogen-bond acceptors (Lipinski definition) is 4. The van der Waals surface area contributed by atoms with Gasteiger partial charge >= 0.3 is 0 Å². The van der Waals surface area contributed by atoms with E-state index < -0.39 is 5.60 Å². The topological polar surface area (TPSA) is 35.9 Å². The maximum atomic E-state index is 11.3. The zero-order valence-electron chi connectivity index (χ0n) is 14.8. The maximum Gasteiger partial charge on any atom is 0.0849 e. The van der Waals surface area contributed by atoms with Gasteiger partial charge in [-0.1, -0.05) is 37.6 Å². The van der Waals surface area contributed by atoms with Gasteiger partial charge in [0.25, 0.3) is 0 Å². The Morgan fingerprint density at radius 1 is 1.17 bits per heavy atom. The van der Waals surface area contributed by atoms with Crippen LogP contribution in [0.3, 0.4) is 0 Å². The van der Waals surface area contributed by atoms with Gasteiger partial charge in [0.1, 0.15) is 0 Å². The third-order valence-electron chi connectivity index (χ3n) is 5.60. The molecule has 1 atom stereocenters. The van der Waals surface area contributed by atoms with E-state index in [9.17, 15) is 5.11 Å². The molecule has 134 valence electrons. The van der Waals surface area contributed by atoms with Crippen LogP contribution in [0.2, 0.25) is 5.02 Å². The number of β-amino-alcohol motifs (C(OH)–C–C–N with tert-alkyl or cyclic N) is 1. The highest BCUT2D eigenvalue weighted by atomic mass is 35.5. The van der Waals surface area contributed by atoms with Crippen LogP contribution >= 0.6 is 11.6 Å². The summed E-state index contributed by atoms with van der Waals surface area (Å²) in [5.74, 6) is 0. The van der Waals surface area contributed by atoms with Gasteiger partial charge in [0.15, 0.2) is 0 Å². The second-order valence-corrected chi connectivity index (χ2v) is 8.33. The van der Waals surface area contributed by atoms with Crippen LogP contribution in [0.1, 0.15) is 25.8 Å². The molecule has 0 aliphatic carbocycles. The van der Waals surface area contributed by atoms with Crippen molar-refractivity contribution in [2.75, 3.05) is 45.9 Å². The molecule has 0 spiro atoms. The van der Waals surface area contributed by atoms with E-state index >= 15 is 0 Å². The van der Waals surface area contributed by atoms with Crippen LogP contribution in [0.15, 0.2) is 24.3 Å². The molecule has 2 fully saturated rings. The lowest BCUT2D eigenvalue weighted by Gasteiger charge is -2.52. The first kappa shape index (κ1) is 18.2. The largest absolute Gasteiger partial charge is 0.388 e. The fourth-order valence-electron chi connectivity index (χ4n) is 3.92. The van der Waals surface area contributed by atoms with Gasteiger partial charge in [-0.3, -0.25) is 9.80 Å². The SMILES string of the molecule is CC1(C)CN(Cc2cccc(Cl)c2)CCC1(O)CN1CCOCC1. The van der Waals surface area contributed by atoms with Crippen molar-refractivity contribution in [1.29, 1.82) is 0 Å². The van der Waals surface area contributed by atoms with Gasteiger partial charge in [-0.2, -0.15) is 0 Å². The van der Waals surface area contributed by atoms with Crippen molar-refractivity contribution in [3.05, 3.63) is 34.9 Å². The standard InChI is InChI=1S/C19H29ClN2O2/c1-18(2)14-22(13-16-4-3-5-17(20)12-16)7-6-19(18,23)15-21-8-10-24-11-9-21/h3-5,12,23H,6-11,13-15H2,1-2H3. The van der Waals surface area contributed by atoms with Gasteiger partial charge in [0.2, 0.25) is 0 Å². The van der Waals surface area contributed by atoms with Gasteiger partial charge in [-0.05, 0) is 24.1 Å². The van der Waals surface area contributed by atoms with Crippen LogP contribution in [0, 0.1) is 5.41 Å². The Morgan fingerprint density at radius 3 is 2.58 bits per heavy atom. The number of piperidine rings is 1. The van der Waals surface area contributed by atoms with E-state index in [1.165, 1.54) is 5.56 Å². The molecular formula is C19H29ClN2O2. The van der Waals surface area contributed by atoms with Gasteiger partial charge in [-0.15, -0.1) is 0 Å². The molecule has 2 aliphatic rings. The third kappa shape index (κ3) is 4.12. The summed E-state index contributed by atoms with van der Waals surface area (Å²) >= 11 is 6.10. The zero-order valence-corrected chi connectivity index (χ0v) is 15.6. The Morgan fingerprint density at radius 2 is 1.92 bits per heavy atom. The van der Waals surface area contributed by atoms with E-state index in [0.29, 0.717) is 0 Å². The molecule has 2 aliphatic heterocycles. The number of hydrogen-bond donors (Lipinski definition) is 1. The zero-order chi connectivity index (χ0) is 17.2. The highest BCUT2D eigenvalue weighted by Crippen LogP contribution is 2.39. The van der Waals surface area contributed by atoms with Gasteiger partial charge < -0.3 is 9.84 Å². The summed E-state index contributed by atoms with van der Waals surface area (Å²) in [4.78, 5) is 4.78. The van der Waals surface area contributed by atoms with E-state index in [2.05, 4.69) is 29.7 Å². The molecule has 24 heavy (non-hydrogen) atoms. The minimum Gasteiger partial charge on any atom is -0.388 e. The molecule has 1 aromatic carbocycles. The molecule has 0 saturated carbocycles. The molecule has 4 nitrogen and oxygen atoms in total. The molecular weight excluding hydrogens is 324 g/mol. The van der Waals surface area contributed by atoms with Gasteiger partial charge in [0, 0.05) is 49.7 Å². The molecule has 0 amide bonds. The summed E-state index contributed by atoms with van der Waals surface area (Å²) in [5, 5.41) is 12.1. The Labute approximate surface area is 150 Å². The van der Waals surface area contributed by atoms with E-state index in [1.54, 1.807) is 0 Å². The Balaban J connectivity index is 1.63. The van der Waals surface area contributed by atoms with Crippen molar-refractivity contribution in [1.82, 2.24) is 9.80 Å². The first-order valence-corrected chi connectivity index (χ1v) is 9.25. The van der Waals surface area contributed by atoms with Crippen molar-refractivity contribution in [3.8, 4) is 0 Å². The summed E-state index contributed by atoms with van der Waals surface area (Å²) in [5.41, 5.74) is 0.439. The van der Waals surface area contributed by atoms with Crippen LogP contribution in [0.4, 0.5) is 0 Å². The number of benzene rings is 1. The van der Waals surface area contributed by atoms with Crippen molar-refractivity contribution in [2.24, 2.45) is 5.41 Å². The summed E-state index contributed by atoms with van der Waals surface area (Å²) in [7, 11) is 0. The molecule has 3 rings (SSSR count). The minimum atomic E-state index is -0.644. The second kappa shape index (κ2) is 7.30. The lowest BCUT2D eigenvalue weighted by molar-refractivity contribution is -0.140. The number of rotatable bonds is 4. The monoisotopic (exact) mass is 352 g/mol.